The first-order valence-corrected chi connectivity index (χ1v) is 2.89. The van der Waals surface area contributed by atoms with Crippen molar-refractivity contribution in [1.29, 1.82) is 0 Å². The second kappa shape index (κ2) is 3.92. The van der Waals surface area contributed by atoms with Gasteiger partial charge in [-0.3, -0.25) is 0 Å². The van der Waals surface area contributed by atoms with Gasteiger partial charge in [-0.05, 0) is 17.5 Å². The molecular weight excluding hydrogens is 188 g/mol. The Balaban J connectivity index is 0.000000490. The molecule has 0 radical (unpaired) electrons. The van der Waals surface area contributed by atoms with E-state index in [1.807, 2.05) is 17.5 Å². The molecule has 8 heavy (non-hydrogen) atoms. The topological polar surface area (TPSA) is 9.23 Å². The Morgan fingerprint density at radius 3 is 2.62 bits per heavy atom. The van der Waals surface area contributed by atoms with Gasteiger partial charge in [0.25, 0.3) is 0 Å². The van der Waals surface area contributed by atoms with E-state index in [1.165, 1.54) is 0 Å². The molecule has 0 spiro atoms. The monoisotopic (exact) mass is 194 g/mol. The molecule has 0 saturated carbocycles. The molecule has 1 aromatic heterocycles. The van der Waals surface area contributed by atoms with Gasteiger partial charge in [0.1, 0.15) is 0 Å². The molecule has 1 heterocycles. The maximum absolute atomic E-state index is 4.87. The largest absolute Gasteiger partial charge is 0.487 e. The molecule has 0 unspecified atom stereocenters. The first kappa shape index (κ1) is 7.98. The number of halogens is 1. The van der Waals surface area contributed by atoms with Crippen LogP contribution < -0.4 is 4.74 Å². The van der Waals surface area contributed by atoms with Crippen molar-refractivity contribution in [3.05, 3.63) is 17.5 Å². The van der Waals surface area contributed by atoms with E-state index in [1.54, 1.807) is 18.4 Å². The highest BCUT2D eigenvalue weighted by Crippen LogP contribution is 2.16. The van der Waals surface area contributed by atoms with E-state index in [2.05, 4.69) is 0 Å². The maximum Gasteiger partial charge on any atom is 0.173 e. The molecule has 3 heteroatoms. The zero-order valence-electron chi connectivity index (χ0n) is 4.46. The molecule has 0 aliphatic heterocycles. The molecule has 0 aliphatic carbocycles. The van der Waals surface area contributed by atoms with Crippen LogP contribution in [0.15, 0.2) is 17.5 Å². The fourth-order valence-corrected chi connectivity index (χ4v) is 0.924. The first-order valence-electron chi connectivity index (χ1n) is 2.01. The molecule has 0 N–H and O–H groups in total. The standard InChI is InChI=1S/C5H6OS.BrH/c1-6-5-3-2-4-7-5;/h2-4H,1H3;1H. The number of methoxy groups -OCH3 is 1. The molecule has 0 aliphatic rings. The van der Waals surface area contributed by atoms with E-state index in [9.17, 15) is 0 Å². The summed E-state index contributed by atoms with van der Waals surface area (Å²) in [6, 6.07) is 3.90. The lowest BCUT2D eigenvalue weighted by Crippen LogP contribution is -1.72. The lowest BCUT2D eigenvalue weighted by atomic mass is 10.7. The molecule has 0 atom stereocenters. The van der Waals surface area contributed by atoms with Crippen molar-refractivity contribution in [2.75, 3.05) is 7.11 Å². The van der Waals surface area contributed by atoms with Gasteiger partial charge < -0.3 is 4.74 Å². The van der Waals surface area contributed by atoms with Crippen LogP contribution in [0.1, 0.15) is 0 Å². The van der Waals surface area contributed by atoms with Crippen LogP contribution in [0, 0.1) is 0 Å². The zero-order chi connectivity index (χ0) is 5.11. The van der Waals surface area contributed by atoms with E-state index >= 15 is 0 Å². The third-order valence-electron chi connectivity index (χ3n) is 0.696. The molecule has 46 valence electrons. The van der Waals surface area contributed by atoms with E-state index in [-0.39, 0.29) is 17.0 Å². The number of rotatable bonds is 1. The fraction of sp³-hybridized carbons (Fsp3) is 0.200. The summed E-state index contributed by atoms with van der Waals surface area (Å²) in [6.45, 7) is 0. The maximum atomic E-state index is 4.87. The van der Waals surface area contributed by atoms with Crippen molar-refractivity contribution in [3.63, 3.8) is 0 Å². The lowest BCUT2D eigenvalue weighted by Gasteiger charge is -1.86. The van der Waals surface area contributed by atoms with Gasteiger partial charge >= 0.3 is 0 Å². The predicted molar refractivity (Wildman–Crippen MR) is 41.2 cm³/mol. The van der Waals surface area contributed by atoms with Gasteiger partial charge in [0.05, 0.1) is 7.11 Å². The third-order valence-corrected chi connectivity index (χ3v) is 1.52. The Hall–Kier alpha value is -0.0200. The summed E-state index contributed by atoms with van der Waals surface area (Å²) in [5.41, 5.74) is 0. The highest BCUT2D eigenvalue weighted by molar-refractivity contribution is 8.93. The summed E-state index contributed by atoms with van der Waals surface area (Å²) in [5, 5.41) is 2.96. The molecule has 0 saturated heterocycles. The second-order valence-corrected chi connectivity index (χ2v) is 2.05. The summed E-state index contributed by atoms with van der Waals surface area (Å²) in [4.78, 5) is 0. The Bertz CT molecular complexity index is 127. The molecule has 1 nitrogen and oxygen atoms in total. The molecular formula is C5H7BrOS. The Morgan fingerprint density at radius 1 is 1.62 bits per heavy atom. The van der Waals surface area contributed by atoms with Gasteiger partial charge in [-0.15, -0.1) is 28.3 Å². The van der Waals surface area contributed by atoms with Crippen LogP contribution in [0.2, 0.25) is 0 Å². The Kier molecular flexibility index (Phi) is 3.91. The minimum atomic E-state index is 0. The van der Waals surface area contributed by atoms with Crippen molar-refractivity contribution in [2.45, 2.75) is 0 Å². The van der Waals surface area contributed by atoms with Crippen LogP contribution >= 0.6 is 28.3 Å². The van der Waals surface area contributed by atoms with Crippen LogP contribution in [0.25, 0.3) is 0 Å². The van der Waals surface area contributed by atoms with Crippen molar-refractivity contribution < 1.29 is 4.74 Å². The van der Waals surface area contributed by atoms with Crippen molar-refractivity contribution >= 4 is 28.3 Å². The molecule has 0 bridgehead atoms. The summed E-state index contributed by atoms with van der Waals surface area (Å²) in [5.74, 6) is 0. The number of hydrogen-bond acceptors (Lipinski definition) is 2. The molecule has 0 amide bonds. The van der Waals surface area contributed by atoms with Gasteiger partial charge in [-0.2, -0.15) is 0 Å². The third kappa shape index (κ3) is 1.84. The van der Waals surface area contributed by atoms with E-state index in [4.69, 9.17) is 4.74 Å². The summed E-state index contributed by atoms with van der Waals surface area (Å²) in [7, 11) is 1.67. The van der Waals surface area contributed by atoms with Crippen LogP contribution in [0.5, 0.6) is 5.06 Å². The molecule has 1 rings (SSSR count). The Morgan fingerprint density at radius 2 is 2.38 bits per heavy atom. The normalized spacial score (nSPS) is 7.62. The lowest BCUT2D eigenvalue weighted by molar-refractivity contribution is 0.427. The van der Waals surface area contributed by atoms with E-state index < -0.39 is 0 Å². The quantitative estimate of drug-likeness (QED) is 0.668. The minimum absolute atomic E-state index is 0. The minimum Gasteiger partial charge on any atom is -0.487 e. The summed E-state index contributed by atoms with van der Waals surface area (Å²) < 4.78 is 4.87. The van der Waals surface area contributed by atoms with E-state index in [0.717, 1.165) is 5.06 Å². The average Bonchev–Trinajstić information content (AvgIpc) is 2.14. The highest BCUT2D eigenvalue weighted by atomic mass is 79.9. The van der Waals surface area contributed by atoms with Gasteiger partial charge in [0.2, 0.25) is 0 Å². The summed E-state index contributed by atoms with van der Waals surface area (Å²) in [6.07, 6.45) is 0. The van der Waals surface area contributed by atoms with Gasteiger partial charge in [-0.25, -0.2) is 0 Å². The van der Waals surface area contributed by atoms with Gasteiger partial charge in [-0.1, -0.05) is 0 Å². The number of hydrogen-bond donors (Lipinski definition) is 0. The fourth-order valence-electron chi connectivity index (χ4n) is 0.380. The predicted octanol–water partition coefficient (Wildman–Crippen LogP) is 2.33. The van der Waals surface area contributed by atoms with Gasteiger partial charge in [0, 0.05) is 0 Å². The smallest absolute Gasteiger partial charge is 0.173 e. The first-order chi connectivity index (χ1) is 3.43. The van der Waals surface area contributed by atoms with Gasteiger partial charge in [0.15, 0.2) is 5.06 Å². The molecule has 1 aromatic rings. The van der Waals surface area contributed by atoms with Crippen LogP contribution in [0.4, 0.5) is 0 Å². The Labute approximate surface area is 63.1 Å². The highest BCUT2D eigenvalue weighted by Gasteiger charge is 1.83. The zero-order valence-corrected chi connectivity index (χ0v) is 6.99. The van der Waals surface area contributed by atoms with Crippen LogP contribution in [-0.2, 0) is 0 Å². The number of thiophene rings is 1. The van der Waals surface area contributed by atoms with E-state index in [0.29, 0.717) is 0 Å². The summed E-state index contributed by atoms with van der Waals surface area (Å²) >= 11 is 1.60. The molecule has 0 fully saturated rings. The van der Waals surface area contributed by atoms with Crippen LogP contribution in [0.3, 0.4) is 0 Å². The molecule has 0 aromatic carbocycles. The second-order valence-electron chi connectivity index (χ2n) is 1.14. The average molecular weight is 195 g/mol. The van der Waals surface area contributed by atoms with Crippen molar-refractivity contribution in [2.24, 2.45) is 0 Å². The number of ether oxygens (including phenoxy) is 1. The van der Waals surface area contributed by atoms with Crippen molar-refractivity contribution in [1.82, 2.24) is 0 Å². The van der Waals surface area contributed by atoms with Crippen molar-refractivity contribution in [3.8, 4) is 5.06 Å². The SMILES string of the molecule is Br.COc1cccs1. The van der Waals surface area contributed by atoms with Crippen LogP contribution in [-0.4, -0.2) is 7.11 Å².